The van der Waals surface area contributed by atoms with Gasteiger partial charge in [0, 0.05) is 11.0 Å². The molecule has 0 aliphatic heterocycles. The second kappa shape index (κ2) is 4.52. The average molecular weight is 294 g/mol. The molecular formula is C17H20F2O2. The Balaban J connectivity index is 1.91. The van der Waals surface area contributed by atoms with Crippen molar-refractivity contribution >= 4 is 6.29 Å². The van der Waals surface area contributed by atoms with Gasteiger partial charge in [-0.15, -0.1) is 0 Å². The number of hydrogen-bond acceptors (Lipinski definition) is 2. The van der Waals surface area contributed by atoms with E-state index in [1.165, 1.54) is 0 Å². The van der Waals surface area contributed by atoms with Crippen LogP contribution in [0.3, 0.4) is 0 Å². The third-order valence-electron chi connectivity index (χ3n) is 6.13. The molecule has 0 amide bonds. The highest BCUT2D eigenvalue weighted by atomic mass is 19.1. The molecule has 114 valence electrons. The number of rotatable bonds is 3. The normalized spacial score (nSPS) is 33.2. The molecule has 0 spiro atoms. The molecule has 2 aliphatic carbocycles. The maximum absolute atomic E-state index is 14.0. The fourth-order valence-corrected chi connectivity index (χ4v) is 4.21. The molecule has 2 nitrogen and oxygen atoms in total. The van der Waals surface area contributed by atoms with E-state index in [9.17, 15) is 13.6 Å². The van der Waals surface area contributed by atoms with Crippen molar-refractivity contribution in [2.75, 3.05) is 0 Å². The zero-order chi connectivity index (χ0) is 15.4. The second-order valence-electron chi connectivity index (χ2n) is 7.15. The van der Waals surface area contributed by atoms with Crippen molar-refractivity contribution < 1.29 is 18.3 Å². The summed E-state index contributed by atoms with van der Waals surface area (Å²) < 4.78 is 33.7. The highest BCUT2D eigenvalue weighted by molar-refractivity contribution is 5.75. The fraction of sp³-hybridized carbons (Fsp3) is 0.588. The molecule has 2 fully saturated rings. The predicted molar refractivity (Wildman–Crippen MR) is 75.4 cm³/mol. The standard InChI is InChI=1S/C17H20F2O2/c1-16(2)11-4-5-17(16,3)14(8-11)21-15-12(18)6-10(9-20)7-13(15)19/h6-7,9,11,14H,4-5,8H2,1-3H3. The van der Waals surface area contributed by atoms with Gasteiger partial charge in [-0.3, -0.25) is 4.79 Å². The number of benzene rings is 1. The maximum Gasteiger partial charge on any atom is 0.191 e. The van der Waals surface area contributed by atoms with Crippen molar-refractivity contribution in [3.63, 3.8) is 0 Å². The molecule has 2 saturated carbocycles. The molecule has 4 heteroatoms. The Morgan fingerprint density at radius 1 is 1.24 bits per heavy atom. The van der Waals surface area contributed by atoms with E-state index in [0.717, 1.165) is 31.4 Å². The van der Waals surface area contributed by atoms with Crippen LogP contribution in [0.15, 0.2) is 12.1 Å². The van der Waals surface area contributed by atoms with Gasteiger partial charge in [0.1, 0.15) is 12.4 Å². The Kier molecular flexibility index (Phi) is 3.12. The molecule has 0 aromatic heterocycles. The Hall–Kier alpha value is -1.45. The molecule has 3 rings (SSSR count). The van der Waals surface area contributed by atoms with Gasteiger partial charge in [-0.25, -0.2) is 8.78 Å². The predicted octanol–water partition coefficient (Wildman–Crippen LogP) is 4.37. The topological polar surface area (TPSA) is 26.3 Å². The second-order valence-corrected chi connectivity index (χ2v) is 7.15. The third kappa shape index (κ3) is 1.91. The van der Waals surface area contributed by atoms with Gasteiger partial charge in [0.05, 0.1) is 0 Å². The zero-order valence-electron chi connectivity index (χ0n) is 12.6. The van der Waals surface area contributed by atoms with Gasteiger partial charge in [-0.05, 0) is 42.7 Å². The van der Waals surface area contributed by atoms with Crippen LogP contribution >= 0.6 is 0 Å². The number of ether oxygens (including phenoxy) is 1. The highest BCUT2D eigenvalue weighted by Gasteiger charge is 2.62. The SMILES string of the molecule is CC1(C)C2CCC1(C)C(Oc1c(F)cc(C=O)cc1F)C2. The summed E-state index contributed by atoms with van der Waals surface area (Å²) in [6.07, 6.45) is 3.25. The van der Waals surface area contributed by atoms with E-state index in [2.05, 4.69) is 20.8 Å². The number of carbonyl (C=O) groups excluding carboxylic acids is 1. The lowest BCUT2D eigenvalue weighted by Gasteiger charge is -2.38. The minimum atomic E-state index is -0.804. The van der Waals surface area contributed by atoms with Gasteiger partial charge in [0.2, 0.25) is 0 Å². The fourth-order valence-electron chi connectivity index (χ4n) is 4.21. The summed E-state index contributed by atoms with van der Waals surface area (Å²) in [6, 6.07) is 2.04. The van der Waals surface area contributed by atoms with E-state index in [1.807, 2.05) is 0 Å². The van der Waals surface area contributed by atoms with Crippen molar-refractivity contribution in [3.8, 4) is 5.75 Å². The van der Waals surface area contributed by atoms with Gasteiger partial charge in [0.25, 0.3) is 0 Å². The molecule has 21 heavy (non-hydrogen) atoms. The van der Waals surface area contributed by atoms with Crippen LogP contribution < -0.4 is 4.74 Å². The minimum Gasteiger partial charge on any atom is -0.484 e. The van der Waals surface area contributed by atoms with Crippen LogP contribution in [0.2, 0.25) is 0 Å². The van der Waals surface area contributed by atoms with Crippen molar-refractivity contribution in [1.29, 1.82) is 0 Å². The van der Waals surface area contributed by atoms with E-state index in [1.54, 1.807) is 0 Å². The molecule has 3 atom stereocenters. The van der Waals surface area contributed by atoms with Crippen LogP contribution in [0.4, 0.5) is 8.78 Å². The number of aldehydes is 1. The molecule has 0 N–H and O–H groups in total. The molecule has 0 radical (unpaired) electrons. The summed E-state index contributed by atoms with van der Waals surface area (Å²) in [7, 11) is 0. The van der Waals surface area contributed by atoms with Gasteiger partial charge in [-0.1, -0.05) is 20.8 Å². The van der Waals surface area contributed by atoms with E-state index >= 15 is 0 Å². The van der Waals surface area contributed by atoms with E-state index < -0.39 is 11.6 Å². The Bertz CT molecular complexity index is 573. The number of hydrogen-bond donors (Lipinski definition) is 0. The van der Waals surface area contributed by atoms with Gasteiger partial charge >= 0.3 is 0 Å². The van der Waals surface area contributed by atoms with E-state index in [0.29, 0.717) is 12.2 Å². The third-order valence-corrected chi connectivity index (χ3v) is 6.13. The van der Waals surface area contributed by atoms with Crippen LogP contribution in [0.5, 0.6) is 5.75 Å². The Morgan fingerprint density at radius 3 is 2.29 bits per heavy atom. The molecule has 0 heterocycles. The largest absolute Gasteiger partial charge is 0.484 e. The maximum atomic E-state index is 14.0. The van der Waals surface area contributed by atoms with Crippen LogP contribution in [-0.4, -0.2) is 12.4 Å². The number of fused-ring (bicyclic) bond motifs is 2. The van der Waals surface area contributed by atoms with Crippen LogP contribution in [-0.2, 0) is 0 Å². The molecule has 3 unspecified atom stereocenters. The first kappa shape index (κ1) is 14.5. The van der Waals surface area contributed by atoms with Gasteiger partial charge in [-0.2, -0.15) is 0 Å². The zero-order valence-corrected chi connectivity index (χ0v) is 12.6. The smallest absolute Gasteiger partial charge is 0.191 e. The molecule has 1 aromatic carbocycles. The summed E-state index contributed by atoms with van der Waals surface area (Å²) in [6.45, 7) is 6.59. The first-order valence-electron chi connectivity index (χ1n) is 7.40. The highest BCUT2D eigenvalue weighted by Crippen LogP contribution is 2.66. The minimum absolute atomic E-state index is 0.0168. The van der Waals surface area contributed by atoms with Crippen LogP contribution in [0.1, 0.15) is 50.4 Å². The van der Waals surface area contributed by atoms with E-state index in [-0.39, 0.29) is 28.2 Å². The van der Waals surface area contributed by atoms with Crippen LogP contribution in [0, 0.1) is 28.4 Å². The lowest BCUT2D eigenvalue weighted by molar-refractivity contribution is 0.0252. The van der Waals surface area contributed by atoms with Gasteiger partial charge in [0.15, 0.2) is 17.4 Å². The molecular weight excluding hydrogens is 274 g/mol. The first-order valence-corrected chi connectivity index (χ1v) is 7.40. The first-order chi connectivity index (χ1) is 9.79. The molecule has 1 aromatic rings. The molecule has 0 saturated heterocycles. The molecule has 2 bridgehead atoms. The van der Waals surface area contributed by atoms with Crippen molar-refractivity contribution in [3.05, 3.63) is 29.3 Å². The average Bonchev–Trinajstić information content (AvgIpc) is 2.75. The summed E-state index contributed by atoms with van der Waals surface area (Å²) in [5.41, 5.74) is 0.0320. The van der Waals surface area contributed by atoms with Crippen molar-refractivity contribution in [1.82, 2.24) is 0 Å². The monoisotopic (exact) mass is 294 g/mol. The van der Waals surface area contributed by atoms with E-state index in [4.69, 9.17) is 4.74 Å². The quantitative estimate of drug-likeness (QED) is 0.774. The Morgan fingerprint density at radius 2 is 1.86 bits per heavy atom. The van der Waals surface area contributed by atoms with Crippen molar-refractivity contribution in [2.24, 2.45) is 16.7 Å². The number of carbonyl (C=O) groups is 1. The van der Waals surface area contributed by atoms with Gasteiger partial charge < -0.3 is 4.74 Å². The summed E-state index contributed by atoms with van der Waals surface area (Å²) >= 11 is 0. The lowest BCUT2D eigenvalue weighted by Crippen LogP contribution is -2.39. The number of halogens is 2. The van der Waals surface area contributed by atoms with Crippen LogP contribution in [0.25, 0.3) is 0 Å². The summed E-state index contributed by atoms with van der Waals surface area (Å²) in [5, 5.41) is 0. The van der Waals surface area contributed by atoms with Crippen molar-refractivity contribution in [2.45, 2.75) is 46.1 Å². The summed E-state index contributed by atoms with van der Waals surface area (Å²) in [5.74, 6) is -1.43. The summed E-state index contributed by atoms with van der Waals surface area (Å²) in [4.78, 5) is 10.6. The molecule has 2 aliphatic rings. The lowest BCUT2D eigenvalue weighted by atomic mass is 9.70. The Labute approximate surface area is 123 Å².